The Labute approximate surface area is 180 Å². The minimum atomic E-state index is -0.358. The normalized spacial score (nSPS) is 15.3. The van der Waals surface area contributed by atoms with Crippen molar-refractivity contribution in [2.75, 3.05) is 20.4 Å². The molecule has 5 rings (SSSR count). The van der Waals surface area contributed by atoms with Crippen LogP contribution in [0.3, 0.4) is 0 Å². The zero-order valence-electron chi connectivity index (χ0n) is 17.4. The Bertz CT molecular complexity index is 1260. The van der Waals surface area contributed by atoms with Gasteiger partial charge in [-0.15, -0.1) is 0 Å². The molecule has 2 heterocycles. The highest BCUT2D eigenvalue weighted by atomic mass is 16.5. The second kappa shape index (κ2) is 8.28. The lowest BCUT2D eigenvalue weighted by atomic mass is 9.99. The van der Waals surface area contributed by atoms with Gasteiger partial charge in [0.05, 0.1) is 19.2 Å². The SMILES string of the molecule is COc1ccc(-c2cc(=O)oc3c4c(ccc23)OC[NH+](CCc2ccccc2)C4)cc1. The third-order valence-electron chi connectivity index (χ3n) is 5.84. The third-order valence-corrected chi connectivity index (χ3v) is 5.84. The lowest BCUT2D eigenvalue weighted by Crippen LogP contribution is -3.12. The van der Waals surface area contributed by atoms with Crippen LogP contribution in [0.2, 0.25) is 0 Å². The number of rotatable bonds is 5. The predicted molar refractivity (Wildman–Crippen MR) is 120 cm³/mol. The fourth-order valence-electron chi connectivity index (χ4n) is 4.18. The number of quaternary nitrogens is 1. The van der Waals surface area contributed by atoms with Gasteiger partial charge in [-0.3, -0.25) is 4.90 Å². The number of benzene rings is 3. The molecule has 156 valence electrons. The largest absolute Gasteiger partial charge is 0.497 e. The van der Waals surface area contributed by atoms with E-state index in [1.54, 1.807) is 13.2 Å². The first-order chi connectivity index (χ1) is 15.2. The van der Waals surface area contributed by atoms with Crippen LogP contribution in [0.5, 0.6) is 11.5 Å². The maximum Gasteiger partial charge on any atom is 0.336 e. The summed E-state index contributed by atoms with van der Waals surface area (Å²) in [6, 6.07) is 23.7. The summed E-state index contributed by atoms with van der Waals surface area (Å²) in [7, 11) is 1.64. The second-order valence-electron chi connectivity index (χ2n) is 7.83. The molecule has 1 N–H and O–H groups in total. The van der Waals surface area contributed by atoms with Crippen LogP contribution in [0.4, 0.5) is 0 Å². The quantitative estimate of drug-likeness (QED) is 0.509. The first kappa shape index (κ1) is 19.4. The minimum absolute atomic E-state index is 0.358. The van der Waals surface area contributed by atoms with Crippen molar-refractivity contribution in [1.82, 2.24) is 0 Å². The van der Waals surface area contributed by atoms with Gasteiger partial charge < -0.3 is 13.9 Å². The topological polar surface area (TPSA) is 53.1 Å². The molecule has 0 bridgehead atoms. The Morgan fingerprint density at radius 1 is 1.00 bits per heavy atom. The summed E-state index contributed by atoms with van der Waals surface area (Å²) >= 11 is 0. The van der Waals surface area contributed by atoms with Crippen molar-refractivity contribution in [2.24, 2.45) is 0 Å². The van der Waals surface area contributed by atoms with Gasteiger partial charge in [-0.25, -0.2) is 4.79 Å². The number of fused-ring (bicyclic) bond motifs is 3. The average molecular weight is 414 g/mol. The summed E-state index contributed by atoms with van der Waals surface area (Å²) < 4.78 is 17.0. The van der Waals surface area contributed by atoms with E-state index < -0.39 is 0 Å². The van der Waals surface area contributed by atoms with E-state index in [0.29, 0.717) is 12.3 Å². The van der Waals surface area contributed by atoms with Gasteiger partial charge in [0.15, 0.2) is 5.58 Å². The fraction of sp³-hybridized carbons (Fsp3) is 0.192. The van der Waals surface area contributed by atoms with E-state index in [-0.39, 0.29) is 5.63 Å². The minimum Gasteiger partial charge on any atom is -0.497 e. The van der Waals surface area contributed by atoms with Gasteiger partial charge in [-0.05, 0) is 41.0 Å². The van der Waals surface area contributed by atoms with Crippen molar-refractivity contribution in [2.45, 2.75) is 13.0 Å². The number of nitrogens with one attached hydrogen (secondary N) is 1. The monoisotopic (exact) mass is 414 g/mol. The molecule has 0 amide bonds. The number of ether oxygens (including phenoxy) is 2. The highest BCUT2D eigenvalue weighted by Crippen LogP contribution is 2.34. The fourth-order valence-corrected chi connectivity index (χ4v) is 4.18. The highest BCUT2D eigenvalue weighted by Gasteiger charge is 2.25. The molecule has 5 nitrogen and oxygen atoms in total. The van der Waals surface area contributed by atoms with Crippen molar-refractivity contribution >= 4 is 11.0 Å². The Morgan fingerprint density at radius 2 is 1.81 bits per heavy atom. The Morgan fingerprint density at radius 3 is 2.58 bits per heavy atom. The van der Waals surface area contributed by atoms with E-state index in [1.807, 2.05) is 42.5 Å². The molecule has 0 aliphatic carbocycles. The third kappa shape index (κ3) is 3.92. The summed E-state index contributed by atoms with van der Waals surface area (Å²) in [5.41, 5.74) is 4.33. The standard InChI is InChI=1S/C26H23NO4/c1-29-20-9-7-19(8-10-20)22-15-25(28)31-26-21(22)11-12-24-23(26)16-27(17-30-24)14-13-18-5-3-2-4-6-18/h2-12,15H,13-14,16-17H2,1H3/p+1. The van der Waals surface area contributed by atoms with Crippen LogP contribution < -0.4 is 20.0 Å². The van der Waals surface area contributed by atoms with Crippen LogP contribution in [0.25, 0.3) is 22.1 Å². The van der Waals surface area contributed by atoms with Crippen LogP contribution in [0.15, 0.2) is 82.0 Å². The molecule has 0 radical (unpaired) electrons. The average Bonchev–Trinajstić information content (AvgIpc) is 2.83. The summed E-state index contributed by atoms with van der Waals surface area (Å²) in [5, 5.41) is 0.913. The van der Waals surface area contributed by atoms with Crippen molar-refractivity contribution in [3.8, 4) is 22.6 Å². The Kier molecular flexibility index (Phi) is 5.18. The highest BCUT2D eigenvalue weighted by molar-refractivity contribution is 5.95. The number of hydrogen-bond acceptors (Lipinski definition) is 4. The maximum absolute atomic E-state index is 12.4. The first-order valence-corrected chi connectivity index (χ1v) is 10.5. The van der Waals surface area contributed by atoms with E-state index in [4.69, 9.17) is 13.9 Å². The van der Waals surface area contributed by atoms with Crippen LogP contribution >= 0.6 is 0 Å². The number of hydrogen-bond donors (Lipinski definition) is 1. The molecule has 0 saturated carbocycles. The molecule has 1 unspecified atom stereocenters. The van der Waals surface area contributed by atoms with E-state index >= 15 is 0 Å². The molecule has 1 atom stereocenters. The molecule has 1 aromatic heterocycles. The number of methoxy groups -OCH3 is 1. The van der Waals surface area contributed by atoms with E-state index in [2.05, 4.69) is 24.3 Å². The zero-order chi connectivity index (χ0) is 21.2. The van der Waals surface area contributed by atoms with Crippen LogP contribution in [-0.4, -0.2) is 20.4 Å². The van der Waals surface area contributed by atoms with Crippen molar-refractivity contribution < 1.29 is 18.8 Å². The van der Waals surface area contributed by atoms with Gasteiger partial charge in [0.25, 0.3) is 0 Å². The Hall–Kier alpha value is -3.57. The maximum atomic E-state index is 12.4. The summed E-state index contributed by atoms with van der Waals surface area (Å²) in [6.07, 6.45) is 0.973. The van der Waals surface area contributed by atoms with Gasteiger partial charge in [0.2, 0.25) is 6.73 Å². The van der Waals surface area contributed by atoms with Crippen molar-refractivity contribution in [3.05, 3.63) is 94.3 Å². The molecule has 0 fully saturated rings. The van der Waals surface area contributed by atoms with Gasteiger partial charge in [-0.1, -0.05) is 42.5 Å². The molecule has 31 heavy (non-hydrogen) atoms. The molecule has 4 aromatic rings. The van der Waals surface area contributed by atoms with Crippen LogP contribution in [-0.2, 0) is 13.0 Å². The van der Waals surface area contributed by atoms with Crippen molar-refractivity contribution in [3.63, 3.8) is 0 Å². The Balaban J connectivity index is 1.49. The molecule has 0 saturated heterocycles. The summed E-state index contributed by atoms with van der Waals surface area (Å²) in [4.78, 5) is 13.7. The molecule has 0 spiro atoms. The molecule has 5 heteroatoms. The predicted octanol–water partition coefficient (Wildman–Crippen LogP) is 3.45. The van der Waals surface area contributed by atoms with Crippen LogP contribution in [0, 0.1) is 0 Å². The molecule has 3 aromatic carbocycles. The van der Waals surface area contributed by atoms with Crippen LogP contribution in [0.1, 0.15) is 11.1 Å². The van der Waals surface area contributed by atoms with E-state index in [1.165, 1.54) is 10.5 Å². The van der Waals surface area contributed by atoms with E-state index in [9.17, 15) is 4.79 Å². The molecule has 1 aliphatic rings. The molecular formula is C26H24NO4+. The van der Waals surface area contributed by atoms with E-state index in [0.717, 1.165) is 53.1 Å². The smallest absolute Gasteiger partial charge is 0.336 e. The van der Waals surface area contributed by atoms with Crippen molar-refractivity contribution in [1.29, 1.82) is 0 Å². The lowest BCUT2D eigenvalue weighted by molar-refractivity contribution is -0.932. The summed E-state index contributed by atoms with van der Waals surface area (Å²) in [5.74, 6) is 1.57. The first-order valence-electron chi connectivity index (χ1n) is 10.5. The van der Waals surface area contributed by atoms with Gasteiger partial charge in [0, 0.05) is 17.9 Å². The zero-order valence-corrected chi connectivity index (χ0v) is 17.4. The second-order valence-corrected chi connectivity index (χ2v) is 7.83. The molecule has 1 aliphatic heterocycles. The van der Waals surface area contributed by atoms with Gasteiger partial charge >= 0.3 is 5.63 Å². The van der Waals surface area contributed by atoms with Gasteiger partial charge in [-0.2, -0.15) is 0 Å². The summed E-state index contributed by atoms with van der Waals surface area (Å²) in [6.45, 7) is 2.31. The lowest BCUT2D eigenvalue weighted by Gasteiger charge is -2.26. The molecular weight excluding hydrogens is 390 g/mol. The van der Waals surface area contributed by atoms with Gasteiger partial charge in [0.1, 0.15) is 18.0 Å².